The van der Waals surface area contributed by atoms with Crippen molar-refractivity contribution in [3.8, 4) is 0 Å². The van der Waals surface area contributed by atoms with Gasteiger partial charge in [-0.15, -0.1) is 0 Å². The van der Waals surface area contributed by atoms with E-state index in [9.17, 15) is 8.42 Å². The maximum atomic E-state index is 12.0. The van der Waals surface area contributed by atoms with Crippen molar-refractivity contribution in [3.63, 3.8) is 0 Å². The Morgan fingerprint density at radius 2 is 1.62 bits per heavy atom. The van der Waals surface area contributed by atoms with Crippen molar-refractivity contribution < 1.29 is 8.42 Å². The lowest BCUT2D eigenvalue weighted by Crippen LogP contribution is -2.42. The lowest BCUT2D eigenvalue weighted by molar-refractivity contribution is 0.372. The molecule has 6 heteroatoms. The highest BCUT2D eigenvalue weighted by Gasteiger charge is 2.23. The minimum atomic E-state index is -3.25. The Balaban J connectivity index is 4.19. The van der Waals surface area contributed by atoms with Crippen LogP contribution in [0.25, 0.3) is 0 Å². The van der Waals surface area contributed by atoms with Gasteiger partial charge in [0.2, 0.25) is 0 Å². The molecular formula is C10H25N3O2S. The smallest absolute Gasteiger partial charge is 0.281 e. The molecule has 5 nitrogen and oxygen atoms in total. The highest BCUT2D eigenvalue weighted by Crippen LogP contribution is 2.07. The Labute approximate surface area is 99.8 Å². The van der Waals surface area contributed by atoms with Gasteiger partial charge in [-0.1, -0.05) is 20.3 Å². The summed E-state index contributed by atoms with van der Waals surface area (Å²) in [7, 11) is -1.62. The number of nitrogens with zero attached hydrogens (tertiary/aromatic N) is 2. The van der Waals surface area contributed by atoms with Crippen LogP contribution in [0.15, 0.2) is 0 Å². The van der Waals surface area contributed by atoms with Crippen molar-refractivity contribution in [3.05, 3.63) is 0 Å². The van der Waals surface area contributed by atoms with E-state index in [-0.39, 0.29) is 0 Å². The largest absolute Gasteiger partial charge is 0.330 e. The second kappa shape index (κ2) is 8.00. The molecule has 0 saturated carbocycles. The van der Waals surface area contributed by atoms with E-state index in [2.05, 4.69) is 0 Å². The van der Waals surface area contributed by atoms with Crippen LogP contribution in [-0.2, 0) is 10.2 Å². The average molecular weight is 251 g/mol. The lowest BCUT2D eigenvalue weighted by atomic mass is 10.2. The molecule has 0 aromatic rings. The highest BCUT2D eigenvalue weighted by atomic mass is 32.2. The third-order valence-electron chi connectivity index (χ3n) is 2.60. The molecule has 16 heavy (non-hydrogen) atoms. The summed E-state index contributed by atoms with van der Waals surface area (Å²) in [5.41, 5.74) is 5.38. The lowest BCUT2D eigenvalue weighted by Gasteiger charge is -2.25. The predicted molar refractivity (Wildman–Crippen MR) is 67.4 cm³/mol. The molecule has 0 aliphatic rings. The molecule has 98 valence electrons. The molecule has 0 fully saturated rings. The first-order valence-corrected chi connectivity index (χ1v) is 7.31. The van der Waals surface area contributed by atoms with Gasteiger partial charge in [0, 0.05) is 26.7 Å². The summed E-state index contributed by atoms with van der Waals surface area (Å²) in [5.74, 6) is 0. The molecule has 0 unspecified atom stereocenters. The molecular weight excluding hydrogens is 226 g/mol. The molecule has 0 aromatic carbocycles. The Morgan fingerprint density at radius 3 is 2.06 bits per heavy atom. The van der Waals surface area contributed by atoms with Gasteiger partial charge >= 0.3 is 0 Å². The van der Waals surface area contributed by atoms with Gasteiger partial charge in [-0.05, 0) is 19.4 Å². The van der Waals surface area contributed by atoms with Crippen LogP contribution in [0.5, 0.6) is 0 Å². The topological polar surface area (TPSA) is 66.6 Å². The maximum Gasteiger partial charge on any atom is 0.281 e. The van der Waals surface area contributed by atoms with E-state index >= 15 is 0 Å². The quantitative estimate of drug-likeness (QED) is 0.611. The summed E-state index contributed by atoms with van der Waals surface area (Å²) < 4.78 is 26.9. The summed E-state index contributed by atoms with van der Waals surface area (Å²) in [6, 6.07) is 0. The Morgan fingerprint density at radius 1 is 1.06 bits per heavy atom. The molecule has 0 radical (unpaired) electrons. The summed E-state index contributed by atoms with van der Waals surface area (Å²) in [4.78, 5) is 0. The molecule has 2 N–H and O–H groups in total. The number of nitrogens with two attached hydrogens (primary N) is 1. The van der Waals surface area contributed by atoms with Crippen LogP contribution in [-0.4, -0.2) is 50.3 Å². The van der Waals surface area contributed by atoms with E-state index in [1.54, 1.807) is 7.05 Å². The minimum absolute atomic E-state index is 0.520. The van der Waals surface area contributed by atoms with Gasteiger partial charge in [0.25, 0.3) is 10.2 Å². The molecule has 0 saturated heterocycles. The fourth-order valence-electron chi connectivity index (χ4n) is 1.52. The summed E-state index contributed by atoms with van der Waals surface area (Å²) in [6.45, 7) is 5.98. The number of hydrogen-bond donors (Lipinski definition) is 1. The zero-order valence-electron chi connectivity index (χ0n) is 10.6. The van der Waals surface area contributed by atoms with Gasteiger partial charge in [0.1, 0.15) is 0 Å². The van der Waals surface area contributed by atoms with E-state index < -0.39 is 10.2 Å². The molecule has 0 heterocycles. The van der Waals surface area contributed by atoms with Crippen molar-refractivity contribution in [1.82, 2.24) is 8.61 Å². The summed E-state index contributed by atoms with van der Waals surface area (Å²) in [5, 5.41) is 0. The van der Waals surface area contributed by atoms with E-state index in [1.165, 1.54) is 8.61 Å². The van der Waals surface area contributed by atoms with Crippen LogP contribution >= 0.6 is 0 Å². The molecule has 0 aliphatic carbocycles. The highest BCUT2D eigenvalue weighted by molar-refractivity contribution is 7.86. The fourth-order valence-corrected chi connectivity index (χ4v) is 2.92. The molecule has 0 aromatic heterocycles. The monoisotopic (exact) mass is 251 g/mol. The van der Waals surface area contributed by atoms with Crippen molar-refractivity contribution in [2.45, 2.75) is 33.1 Å². The predicted octanol–water partition coefficient (Wildman–Crippen LogP) is 0.634. The van der Waals surface area contributed by atoms with E-state index in [4.69, 9.17) is 5.73 Å². The van der Waals surface area contributed by atoms with Crippen molar-refractivity contribution in [2.24, 2.45) is 5.73 Å². The first kappa shape index (κ1) is 15.8. The molecule has 0 amide bonds. The third-order valence-corrected chi connectivity index (χ3v) is 4.74. The fraction of sp³-hybridized carbons (Fsp3) is 1.00. The Hall–Kier alpha value is -0.170. The SMILES string of the molecule is CCN(CC)S(=O)(=O)N(C)CCCCCN. The van der Waals surface area contributed by atoms with Gasteiger partial charge in [-0.2, -0.15) is 17.0 Å². The van der Waals surface area contributed by atoms with Gasteiger partial charge in [-0.3, -0.25) is 0 Å². The zero-order chi connectivity index (χ0) is 12.6. The molecule has 0 aliphatic heterocycles. The van der Waals surface area contributed by atoms with Crippen molar-refractivity contribution in [2.75, 3.05) is 33.2 Å². The summed E-state index contributed by atoms with van der Waals surface area (Å²) >= 11 is 0. The van der Waals surface area contributed by atoms with Crippen molar-refractivity contribution >= 4 is 10.2 Å². The van der Waals surface area contributed by atoms with Gasteiger partial charge in [0.05, 0.1) is 0 Å². The first-order chi connectivity index (χ1) is 7.50. The zero-order valence-corrected chi connectivity index (χ0v) is 11.5. The standard InChI is InChI=1S/C10H25N3O2S/c1-4-13(5-2)16(14,15)12(3)10-8-6-7-9-11/h4-11H2,1-3H3. The van der Waals surface area contributed by atoms with Gasteiger partial charge < -0.3 is 5.73 Å². The summed E-state index contributed by atoms with van der Waals surface area (Å²) in [6.07, 6.45) is 2.81. The molecule has 0 rings (SSSR count). The van der Waals surface area contributed by atoms with Crippen LogP contribution in [0, 0.1) is 0 Å². The van der Waals surface area contributed by atoms with E-state index in [0.29, 0.717) is 26.2 Å². The van der Waals surface area contributed by atoms with Crippen LogP contribution in [0.1, 0.15) is 33.1 Å². The van der Waals surface area contributed by atoms with Gasteiger partial charge in [-0.25, -0.2) is 0 Å². The molecule has 0 bridgehead atoms. The van der Waals surface area contributed by atoms with E-state index in [0.717, 1.165) is 19.3 Å². The number of hydrogen-bond acceptors (Lipinski definition) is 3. The normalized spacial score (nSPS) is 12.6. The Bertz CT molecular complexity index is 263. The average Bonchev–Trinajstić information content (AvgIpc) is 2.25. The number of unbranched alkanes of at least 4 members (excludes halogenated alkanes) is 2. The maximum absolute atomic E-state index is 12.0. The van der Waals surface area contributed by atoms with E-state index in [1.807, 2.05) is 13.8 Å². The van der Waals surface area contributed by atoms with Gasteiger partial charge in [0.15, 0.2) is 0 Å². The molecule has 0 spiro atoms. The molecule has 0 atom stereocenters. The van der Waals surface area contributed by atoms with Crippen molar-refractivity contribution in [1.29, 1.82) is 0 Å². The van der Waals surface area contributed by atoms with Crippen LogP contribution in [0.2, 0.25) is 0 Å². The van der Waals surface area contributed by atoms with Crippen LogP contribution in [0.3, 0.4) is 0 Å². The van der Waals surface area contributed by atoms with Crippen LogP contribution in [0.4, 0.5) is 0 Å². The second-order valence-corrected chi connectivity index (χ2v) is 5.80. The third kappa shape index (κ3) is 4.78. The number of rotatable bonds is 9. The first-order valence-electron chi connectivity index (χ1n) is 5.92. The minimum Gasteiger partial charge on any atom is -0.330 e. The van der Waals surface area contributed by atoms with Crippen LogP contribution < -0.4 is 5.73 Å². The Kier molecular flexibility index (Phi) is 7.91. The second-order valence-electron chi connectivity index (χ2n) is 3.76.